The second-order valence-electron chi connectivity index (χ2n) is 3.10. The van der Waals surface area contributed by atoms with E-state index in [1.165, 1.54) is 6.08 Å². The Hall–Kier alpha value is -1.36. The lowest BCUT2D eigenvalue weighted by atomic mass is 10.3. The summed E-state index contributed by atoms with van der Waals surface area (Å²) in [6.07, 6.45) is 3.24. The van der Waals surface area contributed by atoms with E-state index in [0.29, 0.717) is 19.6 Å². The SMILES string of the molecule is CNC(=O)/C=C/CN1CCNC(=O)C1. The molecular formula is C9H15N3O2. The number of hydrogen-bond acceptors (Lipinski definition) is 3. The standard InChI is InChI=1S/C9H15N3O2/c1-10-8(13)3-2-5-12-6-4-11-9(14)7-12/h2-3H,4-7H2,1H3,(H,10,13)(H,11,14)/b3-2+. The number of carbonyl (C=O) groups excluding carboxylic acids is 2. The molecule has 0 aliphatic carbocycles. The van der Waals surface area contributed by atoms with Gasteiger partial charge in [0.05, 0.1) is 6.54 Å². The van der Waals surface area contributed by atoms with Crippen molar-refractivity contribution in [2.75, 3.05) is 33.2 Å². The van der Waals surface area contributed by atoms with E-state index in [-0.39, 0.29) is 11.8 Å². The predicted octanol–water partition coefficient (Wildman–Crippen LogP) is -1.28. The number of rotatable bonds is 3. The van der Waals surface area contributed by atoms with Gasteiger partial charge in [0.25, 0.3) is 0 Å². The summed E-state index contributed by atoms with van der Waals surface area (Å²) in [5.41, 5.74) is 0. The van der Waals surface area contributed by atoms with Gasteiger partial charge in [-0.2, -0.15) is 0 Å². The Labute approximate surface area is 83.1 Å². The maximum Gasteiger partial charge on any atom is 0.243 e. The molecule has 78 valence electrons. The first-order valence-electron chi connectivity index (χ1n) is 4.59. The maximum absolute atomic E-state index is 11.0. The van der Waals surface area contributed by atoms with Crippen LogP contribution < -0.4 is 10.6 Å². The predicted molar refractivity (Wildman–Crippen MR) is 52.7 cm³/mol. The highest BCUT2D eigenvalue weighted by molar-refractivity contribution is 5.87. The molecule has 0 bridgehead atoms. The highest BCUT2D eigenvalue weighted by atomic mass is 16.2. The average molecular weight is 197 g/mol. The minimum absolute atomic E-state index is 0.0459. The van der Waals surface area contributed by atoms with Crippen molar-refractivity contribution in [3.63, 3.8) is 0 Å². The number of amides is 2. The molecule has 14 heavy (non-hydrogen) atoms. The zero-order valence-electron chi connectivity index (χ0n) is 8.25. The molecule has 0 aromatic heterocycles. The fourth-order valence-corrected chi connectivity index (χ4v) is 1.24. The highest BCUT2D eigenvalue weighted by Gasteiger charge is 2.13. The number of likely N-dealkylation sites (N-methyl/N-ethyl adjacent to an activating group) is 1. The normalized spacial score (nSPS) is 18.2. The number of nitrogens with one attached hydrogen (secondary N) is 2. The second kappa shape index (κ2) is 5.39. The monoisotopic (exact) mass is 197 g/mol. The van der Waals surface area contributed by atoms with Gasteiger partial charge in [0.2, 0.25) is 11.8 Å². The summed E-state index contributed by atoms with van der Waals surface area (Å²) in [5, 5.41) is 5.23. The van der Waals surface area contributed by atoms with Crippen molar-refractivity contribution < 1.29 is 9.59 Å². The molecule has 1 fully saturated rings. The topological polar surface area (TPSA) is 61.4 Å². The van der Waals surface area contributed by atoms with Crippen molar-refractivity contribution in [3.05, 3.63) is 12.2 Å². The molecule has 5 nitrogen and oxygen atoms in total. The Morgan fingerprint density at radius 1 is 1.71 bits per heavy atom. The summed E-state index contributed by atoms with van der Waals surface area (Å²) >= 11 is 0. The first-order valence-corrected chi connectivity index (χ1v) is 4.59. The molecule has 2 N–H and O–H groups in total. The van der Waals surface area contributed by atoms with E-state index in [1.54, 1.807) is 13.1 Å². The van der Waals surface area contributed by atoms with Gasteiger partial charge in [0.15, 0.2) is 0 Å². The van der Waals surface area contributed by atoms with E-state index < -0.39 is 0 Å². The molecule has 5 heteroatoms. The van der Waals surface area contributed by atoms with Crippen LogP contribution in [-0.2, 0) is 9.59 Å². The highest BCUT2D eigenvalue weighted by Crippen LogP contribution is 1.92. The van der Waals surface area contributed by atoms with Gasteiger partial charge in [-0.3, -0.25) is 14.5 Å². The molecule has 0 saturated carbocycles. The molecule has 0 aromatic rings. The number of carbonyl (C=O) groups is 2. The summed E-state index contributed by atoms with van der Waals surface area (Å²) in [6.45, 7) is 2.58. The third kappa shape index (κ3) is 3.57. The van der Waals surface area contributed by atoms with Crippen molar-refractivity contribution in [2.45, 2.75) is 0 Å². The van der Waals surface area contributed by atoms with Crippen LogP contribution in [0.4, 0.5) is 0 Å². The number of hydrogen-bond donors (Lipinski definition) is 2. The van der Waals surface area contributed by atoms with Crippen molar-refractivity contribution >= 4 is 11.8 Å². The fourth-order valence-electron chi connectivity index (χ4n) is 1.24. The Kier molecular flexibility index (Phi) is 4.12. The first-order chi connectivity index (χ1) is 6.72. The van der Waals surface area contributed by atoms with Crippen molar-refractivity contribution in [3.8, 4) is 0 Å². The lowest BCUT2D eigenvalue weighted by Crippen LogP contribution is -2.47. The van der Waals surface area contributed by atoms with E-state index in [0.717, 1.165) is 6.54 Å². The molecule has 1 rings (SSSR count). The Morgan fingerprint density at radius 3 is 3.14 bits per heavy atom. The lowest BCUT2D eigenvalue weighted by molar-refractivity contribution is -0.123. The molecule has 0 atom stereocenters. The van der Waals surface area contributed by atoms with Crippen LogP contribution in [0.2, 0.25) is 0 Å². The van der Waals surface area contributed by atoms with Gasteiger partial charge in [-0.15, -0.1) is 0 Å². The van der Waals surface area contributed by atoms with Crippen molar-refractivity contribution in [1.82, 2.24) is 15.5 Å². The van der Waals surface area contributed by atoms with Crippen LogP contribution in [0, 0.1) is 0 Å². The number of nitrogens with zero attached hydrogens (tertiary/aromatic N) is 1. The van der Waals surface area contributed by atoms with E-state index >= 15 is 0 Å². The van der Waals surface area contributed by atoms with Crippen LogP contribution in [0.25, 0.3) is 0 Å². The molecular weight excluding hydrogens is 182 g/mol. The Balaban J connectivity index is 2.26. The summed E-state index contributed by atoms with van der Waals surface area (Å²) in [5.74, 6) is -0.0731. The zero-order chi connectivity index (χ0) is 10.4. The summed E-state index contributed by atoms with van der Waals surface area (Å²) in [6, 6.07) is 0. The van der Waals surface area contributed by atoms with Crippen LogP contribution in [0.15, 0.2) is 12.2 Å². The van der Waals surface area contributed by atoms with Crippen molar-refractivity contribution in [2.24, 2.45) is 0 Å². The third-order valence-electron chi connectivity index (χ3n) is 2.00. The van der Waals surface area contributed by atoms with Gasteiger partial charge in [-0.1, -0.05) is 6.08 Å². The molecule has 2 amide bonds. The second-order valence-corrected chi connectivity index (χ2v) is 3.10. The third-order valence-corrected chi connectivity index (χ3v) is 2.00. The van der Waals surface area contributed by atoms with Crippen LogP contribution in [0.3, 0.4) is 0 Å². The summed E-state index contributed by atoms with van der Waals surface area (Å²) in [7, 11) is 1.58. The van der Waals surface area contributed by atoms with E-state index in [9.17, 15) is 9.59 Å². The molecule has 1 aliphatic heterocycles. The van der Waals surface area contributed by atoms with E-state index in [1.807, 2.05) is 4.90 Å². The van der Waals surface area contributed by atoms with Crippen LogP contribution >= 0.6 is 0 Å². The molecule has 0 aromatic carbocycles. The molecule has 0 unspecified atom stereocenters. The quantitative estimate of drug-likeness (QED) is 0.554. The largest absolute Gasteiger partial charge is 0.356 e. The molecule has 1 saturated heterocycles. The Bertz CT molecular complexity index is 250. The molecule has 0 spiro atoms. The summed E-state index contributed by atoms with van der Waals surface area (Å²) < 4.78 is 0. The van der Waals surface area contributed by atoms with Gasteiger partial charge in [0, 0.05) is 32.8 Å². The molecule has 1 aliphatic rings. The van der Waals surface area contributed by atoms with Gasteiger partial charge >= 0.3 is 0 Å². The minimum Gasteiger partial charge on any atom is -0.356 e. The van der Waals surface area contributed by atoms with E-state index in [4.69, 9.17) is 0 Å². The maximum atomic E-state index is 11.0. The fraction of sp³-hybridized carbons (Fsp3) is 0.556. The number of piperazine rings is 1. The lowest BCUT2D eigenvalue weighted by Gasteiger charge is -2.24. The smallest absolute Gasteiger partial charge is 0.243 e. The Morgan fingerprint density at radius 2 is 2.50 bits per heavy atom. The summed E-state index contributed by atoms with van der Waals surface area (Å²) in [4.78, 5) is 23.8. The van der Waals surface area contributed by atoms with Gasteiger partial charge in [0.1, 0.15) is 0 Å². The van der Waals surface area contributed by atoms with Crippen LogP contribution in [0.1, 0.15) is 0 Å². The van der Waals surface area contributed by atoms with Gasteiger partial charge < -0.3 is 10.6 Å². The first kappa shape index (κ1) is 10.7. The zero-order valence-corrected chi connectivity index (χ0v) is 8.25. The van der Waals surface area contributed by atoms with Crippen molar-refractivity contribution in [1.29, 1.82) is 0 Å². The van der Waals surface area contributed by atoms with E-state index in [2.05, 4.69) is 10.6 Å². The van der Waals surface area contributed by atoms with Gasteiger partial charge in [-0.25, -0.2) is 0 Å². The molecule has 0 radical (unpaired) electrons. The van der Waals surface area contributed by atoms with Crippen LogP contribution in [-0.4, -0.2) is 49.9 Å². The molecule has 1 heterocycles. The van der Waals surface area contributed by atoms with Gasteiger partial charge in [-0.05, 0) is 0 Å². The minimum atomic E-state index is -0.119. The average Bonchev–Trinajstić information content (AvgIpc) is 2.17. The van der Waals surface area contributed by atoms with Crippen LogP contribution in [0.5, 0.6) is 0 Å².